The predicted octanol–water partition coefficient (Wildman–Crippen LogP) is 3.10. The first-order chi connectivity index (χ1) is 11.2. The Labute approximate surface area is 136 Å². The second-order valence-corrected chi connectivity index (χ2v) is 5.05. The van der Waals surface area contributed by atoms with Gasteiger partial charge in [-0.2, -0.15) is 9.78 Å². The van der Waals surface area contributed by atoms with Crippen LogP contribution in [0.5, 0.6) is 0 Å². The molecular weight excluding hydrogens is 319 g/mol. The molecule has 0 atom stereocenters. The lowest BCUT2D eigenvalue weighted by atomic mass is 10.3. The third-order valence-corrected chi connectivity index (χ3v) is 3.26. The van der Waals surface area contributed by atoms with Gasteiger partial charge < -0.3 is 0 Å². The fourth-order valence-electron chi connectivity index (χ4n) is 1.89. The van der Waals surface area contributed by atoms with Crippen LogP contribution in [0.3, 0.4) is 0 Å². The third-order valence-electron chi connectivity index (χ3n) is 3.01. The van der Waals surface area contributed by atoms with Gasteiger partial charge in [0.2, 0.25) is 0 Å². The van der Waals surface area contributed by atoms with Gasteiger partial charge in [-0.25, -0.2) is 4.39 Å². The van der Waals surface area contributed by atoms with E-state index in [9.17, 15) is 4.39 Å². The second-order valence-electron chi connectivity index (χ2n) is 4.62. The van der Waals surface area contributed by atoms with Crippen LogP contribution >= 0.6 is 11.6 Å². The zero-order valence-electron chi connectivity index (χ0n) is 11.9. The summed E-state index contributed by atoms with van der Waals surface area (Å²) in [6.07, 6.45) is 2.07. The van der Waals surface area contributed by atoms with E-state index in [0.29, 0.717) is 23.0 Å². The molecule has 0 aliphatic carbocycles. The van der Waals surface area contributed by atoms with Gasteiger partial charge in [0.05, 0.1) is 11.4 Å². The summed E-state index contributed by atoms with van der Waals surface area (Å²) in [6, 6.07) is 13.1. The van der Waals surface area contributed by atoms with Gasteiger partial charge in [0, 0.05) is 17.7 Å². The van der Waals surface area contributed by atoms with Crippen molar-refractivity contribution < 1.29 is 4.39 Å². The smallest absolute Gasteiger partial charge is 0.162 e. The van der Waals surface area contributed by atoms with Gasteiger partial charge >= 0.3 is 0 Å². The molecular formula is C15H12ClFN6. The number of nitrogens with zero attached hydrogens (tertiary/aromatic N) is 5. The van der Waals surface area contributed by atoms with Crippen LogP contribution in [0, 0.1) is 5.82 Å². The van der Waals surface area contributed by atoms with E-state index >= 15 is 0 Å². The molecule has 0 unspecified atom stereocenters. The molecule has 0 aliphatic rings. The monoisotopic (exact) mass is 330 g/mol. The Hall–Kier alpha value is -2.80. The van der Waals surface area contributed by atoms with Gasteiger partial charge in [0.1, 0.15) is 5.82 Å². The summed E-state index contributed by atoms with van der Waals surface area (Å²) >= 11 is 5.81. The zero-order valence-corrected chi connectivity index (χ0v) is 12.7. The normalized spacial score (nSPS) is 11.0. The topological polar surface area (TPSA) is 68.0 Å². The van der Waals surface area contributed by atoms with Crippen molar-refractivity contribution in [1.82, 2.24) is 20.2 Å². The van der Waals surface area contributed by atoms with Crippen LogP contribution in [-0.2, 0) is 6.42 Å². The standard InChI is InChI=1S/C15H12ClFN6/c16-11-1-5-13(6-2-11)19-18-10-9-15-20-21-22-23(15)14-7-3-12(17)4-8-14/h1-8,10,19H,9H2/b18-10+. The molecule has 1 heterocycles. The van der Waals surface area contributed by atoms with Gasteiger partial charge in [-0.3, -0.25) is 5.43 Å². The summed E-state index contributed by atoms with van der Waals surface area (Å²) in [7, 11) is 0. The average Bonchev–Trinajstić information content (AvgIpc) is 3.02. The van der Waals surface area contributed by atoms with Crippen LogP contribution in [0.25, 0.3) is 5.69 Å². The maximum atomic E-state index is 13.0. The number of hydrazone groups is 1. The number of rotatable bonds is 5. The van der Waals surface area contributed by atoms with E-state index in [-0.39, 0.29) is 5.82 Å². The molecule has 116 valence electrons. The molecule has 0 aliphatic heterocycles. The Morgan fingerprint density at radius 3 is 2.61 bits per heavy atom. The highest BCUT2D eigenvalue weighted by atomic mass is 35.5. The Balaban J connectivity index is 1.65. The highest BCUT2D eigenvalue weighted by Gasteiger charge is 2.06. The molecule has 23 heavy (non-hydrogen) atoms. The molecule has 3 rings (SSSR count). The summed E-state index contributed by atoms with van der Waals surface area (Å²) in [5.41, 5.74) is 4.39. The van der Waals surface area contributed by atoms with E-state index < -0.39 is 0 Å². The maximum absolute atomic E-state index is 13.0. The fourth-order valence-corrected chi connectivity index (χ4v) is 2.01. The van der Waals surface area contributed by atoms with E-state index in [2.05, 4.69) is 26.1 Å². The number of aromatic nitrogens is 4. The zero-order chi connectivity index (χ0) is 16.1. The van der Waals surface area contributed by atoms with E-state index in [1.165, 1.54) is 16.8 Å². The number of tetrazole rings is 1. The Morgan fingerprint density at radius 2 is 1.87 bits per heavy atom. The summed E-state index contributed by atoms with van der Waals surface area (Å²) in [4.78, 5) is 0. The summed E-state index contributed by atoms with van der Waals surface area (Å²) in [5.74, 6) is 0.287. The first-order valence-corrected chi connectivity index (χ1v) is 7.16. The van der Waals surface area contributed by atoms with Gasteiger partial charge in [-0.15, -0.1) is 5.10 Å². The first-order valence-electron chi connectivity index (χ1n) is 6.79. The van der Waals surface area contributed by atoms with Crippen molar-refractivity contribution in [2.45, 2.75) is 6.42 Å². The van der Waals surface area contributed by atoms with Crippen molar-refractivity contribution >= 4 is 23.5 Å². The fraction of sp³-hybridized carbons (Fsp3) is 0.0667. The van der Waals surface area contributed by atoms with Crippen LogP contribution in [-0.4, -0.2) is 26.4 Å². The minimum Gasteiger partial charge on any atom is -0.279 e. The molecule has 0 bridgehead atoms. The number of nitrogens with one attached hydrogen (secondary N) is 1. The van der Waals surface area contributed by atoms with Gasteiger partial charge in [-0.1, -0.05) is 11.6 Å². The highest BCUT2D eigenvalue weighted by molar-refractivity contribution is 6.30. The number of benzene rings is 2. The van der Waals surface area contributed by atoms with Gasteiger partial charge in [0.15, 0.2) is 5.82 Å². The van der Waals surface area contributed by atoms with Crippen molar-refractivity contribution in [2.24, 2.45) is 5.10 Å². The average molecular weight is 331 g/mol. The van der Waals surface area contributed by atoms with Gasteiger partial charge in [-0.05, 0) is 59.0 Å². The third kappa shape index (κ3) is 3.89. The van der Waals surface area contributed by atoms with Crippen LogP contribution < -0.4 is 5.43 Å². The Kier molecular flexibility index (Phi) is 4.58. The van der Waals surface area contributed by atoms with E-state index in [1.807, 2.05) is 12.1 Å². The molecule has 0 saturated carbocycles. The lowest BCUT2D eigenvalue weighted by Crippen LogP contribution is -2.04. The molecule has 3 aromatic rings. The second kappa shape index (κ2) is 6.97. The number of hydrogen-bond donors (Lipinski definition) is 1. The highest BCUT2D eigenvalue weighted by Crippen LogP contribution is 2.13. The molecule has 2 aromatic carbocycles. The van der Waals surface area contributed by atoms with E-state index in [1.54, 1.807) is 30.5 Å². The molecule has 0 radical (unpaired) electrons. The van der Waals surface area contributed by atoms with Crippen molar-refractivity contribution in [3.05, 3.63) is 65.2 Å². The quantitative estimate of drug-likeness (QED) is 0.576. The van der Waals surface area contributed by atoms with Crippen LogP contribution in [0.15, 0.2) is 53.6 Å². The molecule has 1 N–H and O–H groups in total. The SMILES string of the molecule is Fc1ccc(-n2nnnc2C/C=N/Nc2ccc(Cl)cc2)cc1. The van der Waals surface area contributed by atoms with Crippen molar-refractivity contribution in [2.75, 3.05) is 5.43 Å². The summed E-state index contributed by atoms with van der Waals surface area (Å²) in [5, 5.41) is 16.3. The predicted molar refractivity (Wildman–Crippen MR) is 86.4 cm³/mol. The lowest BCUT2D eigenvalue weighted by molar-refractivity contribution is 0.626. The molecule has 0 amide bonds. The summed E-state index contributed by atoms with van der Waals surface area (Å²) in [6.45, 7) is 0. The van der Waals surface area contributed by atoms with Crippen LogP contribution in [0.2, 0.25) is 5.02 Å². The van der Waals surface area contributed by atoms with Crippen LogP contribution in [0.4, 0.5) is 10.1 Å². The molecule has 0 fully saturated rings. The van der Waals surface area contributed by atoms with Crippen molar-refractivity contribution in [1.29, 1.82) is 0 Å². The lowest BCUT2D eigenvalue weighted by Gasteiger charge is -2.02. The Morgan fingerprint density at radius 1 is 1.13 bits per heavy atom. The van der Waals surface area contributed by atoms with Crippen molar-refractivity contribution in [3.8, 4) is 5.69 Å². The van der Waals surface area contributed by atoms with Gasteiger partial charge in [0.25, 0.3) is 0 Å². The number of halogens is 2. The Bertz CT molecular complexity index is 798. The molecule has 0 spiro atoms. The molecule has 1 aromatic heterocycles. The van der Waals surface area contributed by atoms with Crippen LogP contribution in [0.1, 0.15) is 5.82 Å². The first kappa shape index (κ1) is 15.1. The molecule has 6 nitrogen and oxygen atoms in total. The largest absolute Gasteiger partial charge is 0.279 e. The van der Waals surface area contributed by atoms with E-state index in [0.717, 1.165) is 5.69 Å². The minimum atomic E-state index is -0.308. The van der Waals surface area contributed by atoms with Crippen molar-refractivity contribution in [3.63, 3.8) is 0 Å². The number of hydrogen-bond acceptors (Lipinski definition) is 5. The number of anilines is 1. The maximum Gasteiger partial charge on any atom is 0.162 e. The molecule has 8 heteroatoms. The summed E-state index contributed by atoms with van der Waals surface area (Å²) < 4.78 is 14.5. The van der Waals surface area contributed by atoms with E-state index in [4.69, 9.17) is 11.6 Å². The minimum absolute atomic E-state index is 0.308. The molecule has 0 saturated heterocycles.